The molecular formula is C15H16ClN3O4S2. The standard InChI is InChI=1S/C15H16ClN3O4S2/c1-2-8-18-15(20)19-25(21,22)13-10-11(6-7-12(13)24-16)23-14-5-3-4-9-17-14/h3-7,9-10H,2,8H2,1H3,(H2,18,19,20). The SMILES string of the molecule is CCCNC(=O)NS(=O)(=O)c1cc(Oc2ccccn2)ccc1SCl. The van der Waals surface area contributed by atoms with Gasteiger partial charge in [0, 0.05) is 29.8 Å². The van der Waals surface area contributed by atoms with Crippen molar-refractivity contribution in [2.24, 2.45) is 0 Å². The highest BCUT2D eigenvalue weighted by Gasteiger charge is 2.22. The summed E-state index contributed by atoms with van der Waals surface area (Å²) in [5.74, 6) is 0.563. The van der Waals surface area contributed by atoms with E-state index in [0.29, 0.717) is 18.8 Å². The Balaban J connectivity index is 2.28. The number of hydrogen-bond acceptors (Lipinski definition) is 6. The maximum atomic E-state index is 12.5. The van der Waals surface area contributed by atoms with E-state index in [1.165, 1.54) is 12.1 Å². The molecule has 7 nitrogen and oxygen atoms in total. The molecule has 134 valence electrons. The zero-order valence-electron chi connectivity index (χ0n) is 13.2. The lowest BCUT2D eigenvalue weighted by Crippen LogP contribution is -2.39. The highest BCUT2D eigenvalue weighted by Crippen LogP contribution is 2.33. The first kappa shape index (κ1) is 19.4. The number of halogens is 1. The van der Waals surface area contributed by atoms with E-state index < -0.39 is 16.1 Å². The van der Waals surface area contributed by atoms with Crippen LogP contribution in [-0.4, -0.2) is 26.0 Å². The van der Waals surface area contributed by atoms with Gasteiger partial charge in [-0.2, -0.15) is 0 Å². The van der Waals surface area contributed by atoms with Gasteiger partial charge in [-0.15, -0.1) is 0 Å². The molecule has 2 N–H and O–H groups in total. The number of pyridine rings is 1. The predicted molar refractivity (Wildman–Crippen MR) is 96.5 cm³/mol. The Kier molecular flexibility index (Phi) is 6.91. The van der Waals surface area contributed by atoms with Gasteiger partial charge in [-0.05, 0) is 46.3 Å². The maximum Gasteiger partial charge on any atom is 0.328 e. The normalized spacial score (nSPS) is 11.0. The lowest BCUT2D eigenvalue weighted by molar-refractivity contribution is 0.246. The summed E-state index contributed by atoms with van der Waals surface area (Å²) in [7, 11) is 2.36. The molecule has 0 bridgehead atoms. The van der Waals surface area contributed by atoms with Crippen molar-refractivity contribution >= 4 is 37.7 Å². The van der Waals surface area contributed by atoms with E-state index in [1.54, 1.807) is 30.5 Å². The molecule has 2 aromatic rings. The molecule has 0 fully saturated rings. The van der Waals surface area contributed by atoms with E-state index in [0.717, 1.165) is 11.0 Å². The van der Waals surface area contributed by atoms with Gasteiger partial charge in [-0.3, -0.25) is 0 Å². The molecule has 10 heteroatoms. The number of hydrogen-bond donors (Lipinski definition) is 2. The monoisotopic (exact) mass is 401 g/mol. The number of rotatable bonds is 7. The van der Waals surface area contributed by atoms with Gasteiger partial charge in [0.2, 0.25) is 5.88 Å². The molecule has 1 aromatic heterocycles. The lowest BCUT2D eigenvalue weighted by atomic mass is 10.3. The number of benzene rings is 1. The minimum absolute atomic E-state index is 0.160. The number of amides is 2. The van der Waals surface area contributed by atoms with Crippen LogP contribution in [-0.2, 0) is 10.0 Å². The first-order valence-corrected chi connectivity index (χ1v) is 10.4. The van der Waals surface area contributed by atoms with Gasteiger partial charge >= 0.3 is 6.03 Å². The summed E-state index contributed by atoms with van der Waals surface area (Å²) in [4.78, 5) is 15.8. The van der Waals surface area contributed by atoms with Gasteiger partial charge < -0.3 is 10.1 Å². The average Bonchev–Trinajstić information content (AvgIpc) is 2.60. The lowest BCUT2D eigenvalue weighted by Gasteiger charge is -2.12. The average molecular weight is 402 g/mol. The topological polar surface area (TPSA) is 97.4 Å². The molecule has 0 aliphatic heterocycles. The van der Waals surface area contributed by atoms with E-state index in [9.17, 15) is 13.2 Å². The Morgan fingerprint density at radius 3 is 2.76 bits per heavy atom. The summed E-state index contributed by atoms with van der Waals surface area (Å²) in [5, 5.41) is 2.44. The van der Waals surface area contributed by atoms with Gasteiger partial charge in [0.1, 0.15) is 10.6 Å². The first-order chi connectivity index (χ1) is 12.0. The Hall–Kier alpha value is -1.97. The molecule has 0 spiro atoms. The van der Waals surface area contributed by atoms with Crippen molar-refractivity contribution in [1.29, 1.82) is 0 Å². The second kappa shape index (κ2) is 8.93. The zero-order valence-corrected chi connectivity index (χ0v) is 15.6. The number of nitrogens with zero attached hydrogens (tertiary/aromatic N) is 1. The van der Waals surface area contributed by atoms with E-state index in [2.05, 4.69) is 10.3 Å². The molecule has 0 saturated carbocycles. The highest BCUT2D eigenvalue weighted by molar-refractivity contribution is 8.21. The molecular weight excluding hydrogens is 386 g/mol. The van der Waals surface area contributed by atoms with E-state index in [-0.39, 0.29) is 15.5 Å². The van der Waals surface area contributed by atoms with E-state index >= 15 is 0 Å². The summed E-state index contributed by atoms with van der Waals surface area (Å²) >= 11 is 0. The van der Waals surface area contributed by atoms with Crippen LogP contribution >= 0.6 is 21.7 Å². The predicted octanol–water partition coefficient (Wildman–Crippen LogP) is 3.52. The molecule has 0 atom stereocenters. The van der Waals surface area contributed by atoms with Crippen molar-refractivity contribution in [1.82, 2.24) is 15.0 Å². The van der Waals surface area contributed by atoms with Crippen LogP contribution in [0.25, 0.3) is 0 Å². The zero-order chi connectivity index (χ0) is 18.3. The fourth-order valence-electron chi connectivity index (χ4n) is 1.81. The number of carbonyl (C=O) groups is 1. The minimum Gasteiger partial charge on any atom is -0.439 e. The molecule has 1 aromatic carbocycles. The molecule has 2 rings (SSSR count). The Morgan fingerprint density at radius 2 is 2.12 bits per heavy atom. The van der Waals surface area contributed by atoms with Gasteiger partial charge in [-0.1, -0.05) is 13.0 Å². The van der Waals surface area contributed by atoms with Crippen LogP contribution in [0.2, 0.25) is 0 Å². The summed E-state index contributed by atoms with van der Waals surface area (Å²) < 4.78 is 32.4. The van der Waals surface area contributed by atoms with Gasteiger partial charge in [0.15, 0.2) is 0 Å². The summed E-state index contributed by atoms with van der Waals surface area (Å²) in [6.07, 6.45) is 2.24. The summed E-state index contributed by atoms with van der Waals surface area (Å²) in [6, 6.07) is 8.65. The number of nitrogens with one attached hydrogen (secondary N) is 2. The maximum absolute atomic E-state index is 12.5. The molecule has 0 aliphatic carbocycles. The smallest absolute Gasteiger partial charge is 0.328 e. The van der Waals surface area contributed by atoms with E-state index in [4.69, 9.17) is 15.4 Å². The number of ether oxygens (including phenoxy) is 1. The van der Waals surface area contributed by atoms with Gasteiger partial charge in [-0.25, -0.2) is 22.9 Å². The molecule has 0 saturated heterocycles. The van der Waals surface area contributed by atoms with Crippen molar-refractivity contribution in [2.75, 3.05) is 6.54 Å². The molecule has 2 amide bonds. The third kappa shape index (κ3) is 5.52. The Labute approximate surface area is 154 Å². The number of carbonyl (C=O) groups excluding carboxylic acids is 1. The third-order valence-electron chi connectivity index (χ3n) is 2.91. The Bertz CT molecular complexity index is 832. The van der Waals surface area contributed by atoms with Crippen LogP contribution in [0.5, 0.6) is 11.6 Å². The fraction of sp³-hybridized carbons (Fsp3) is 0.200. The van der Waals surface area contributed by atoms with Crippen molar-refractivity contribution in [3.05, 3.63) is 42.6 Å². The van der Waals surface area contributed by atoms with Crippen molar-refractivity contribution in [3.8, 4) is 11.6 Å². The third-order valence-corrected chi connectivity index (χ3v) is 5.43. The van der Waals surface area contributed by atoms with E-state index in [1.807, 2.05) is 11.6 Å². The van der Waals surface area contributed by atoms with Crippen molar-refractivity contribution in [2.45, 2.75) is 23.1 Å². The van der Waals surface area contributed by atoms with Crippen LogP contribution in [0.3, 0.4) is 0 Å². The van der Waals surface area contributed by atoms with Crippen LogP contribution in [0.15, 0.2) is 52.4 Å². The van der Waals surface area contributed by atoms with Crippen LogP contribution in [0.1, 0.15) is 13.3 Å². The largest absolute Gasteiger partial charge is 0.439 e. The van der Waals surface area contributed by atoms with Crippen LogP contribution in [0, 0.1) is 0 Å². The number of sulfonamides is 1. The molecule has 0 aliphatic rings. The molecule has 1 heterocycles. The molecule has 0 radical (unpaired) electrons. The quantitative estimate of drug-likeness (QED) is 0.736. The van der Waals surface area contributed by atoms with Crippen molar-refractivity contribution < 1.29 is 17.9 Å². The minimum atomic E-state index is -4.12. The number of urea groups is 1. The first-order valence-electron chi connectivity index (χ1n) is 7.28. The second-order valence-corrected chi connectivity index (χ2v) is 7.52. The molecule has 25 heavy (non-hydrogen) atoms. The summed E-state index contributed by atoms with van der Waals surface area (Å²) in [5.41, 5.74) is 0. The molecule has 0 unspecified atom stereocenters. The van der Waals surface area contributed by atoms with Gasteiger partial charge in [0.25, 0.3) is 10.0 Å². The van der Waals surface area contributed by atoms with Crippen LogP contribution in [0.4, 0.5) is 4.79 Å². The fourth-order valence-corrected chi connectivity index (χ4v) is 4.09. The second-order valence-electron chi connectivity index (χ2n) is 4.82. The Morgan fingerprint density at radius 1 is 1.32 bits per heavy atom. The van der Waals surface area contributed by atoms with Crippen molar-refractivity contribution in [3.63, 3.8) is 0 Å². The highest BCUT2D eigenvalue weighted by atomic mass is 35.7. The number of aromatic nitrogens is 1. The van der Waals surface area contributed by atoms with Gasteiger partial charge in [0.05, 0.1) is 0 Å². The summed E-state index contributed by atoms with van der Waals surface area (Å²) in [6.45, 7) is 2.22. The van der Waals surface area contributed by atoms with Crippen LogP contribution < -0.4 is 14.8 Å².